The number of nitrogens with zero attached hydrogens (tertiary/aromatic N) is 4. The molecule has 0 atom stereocenters. The van der Waals surface area contributed by atoms with Gasteiger partial charge in [0.2, 0.25) is 5.95 Å². The number of morpholine rings is 1. The van der Waals surface area contributed by atoms with Gasteiger partial charge in [-0.2, -0.15) is 9.67 Å². The molecule has 0 radical (unpaired) electrons. The van der Waals surface area contributed by atoms with Crippen molar-refractivity contribution in [3.63, 3.8) is 0 Å². The van der Waals surface area contributed by atoms with Crippen molar-refractivity contribution in [2.75, 3.05) is 36.5 Å². The Morgan fingerprint density at radius 2 is 1.70 bits per heavy atom. The molecular weight excluding hydrogens is 579 g/mol. The van der Waals surface area contributed by atoms with E-state index in [0.29, 0.717) is 61.3 Å². The summed E-state index contributed by atoms with van der Waals surface area (Å²) in [6.07, 6.45) is -4.76. The molecule has 43 heavy (non-hydrogen) atoms. The molecule has 3 aromatic carbocycles. The molecule has 0 aliphatic carbocycles. The monoisotopic (exact) mass is 611 g/mol. The number of para-hydroxylation sites is 1. The summed E-state index contributed by atoms with van der Waals surface area (Å²) in [6, 6.07) is 21.4. The topological polar surface area (TPSA) is 88.5 Å². The van der Waals surface area contributed by atoms with Gasteiger partial charge in [-0.05, 0) is 59.6 Å². The first kappa shape index (κ1) is 30.3. The van der Waals surface area contributed by atoms with Crippen LogP contribution in [-0.4, -0.2) is 52.5 Å². The van der Waals surface area contributed by atoms with Gasteiger partial charge in [0, 0.05) is 30.9 Å². The Labute approximate surface area is 253 Å². The molecule has 2 heterocycles. The SMILES string of the molecule is CC(C)c1ccccc1NC(=S)NNCc1ccc(-c2nc(N3CCOCC3)n(-c3ccc(OC(F)(F)F)cc3)n2)cc1. The molecule has 5 rings (SSSR count). The molecule has 13 heteroatoms. The molecule has 0 unspecified atom stereocenters. The minimum atomic E-state index is -4.76. The lowest BCUT2D eigenvalue weighted by molar-refractivity contribution is -0.274. The Bertz CT molecular complexity index is 1520. The van der Waals surface area contributed by atoms with Crippen molar-refractivity contribution in [2.24, 2.45) is 0 Å². The summed E-state index contributed by atoms with van der Waals surface area (Å²) in [5, 5.41) is 8.42. The third kappa shape index (κ3) is 8.00. The Kier molecular flexibility index (Phi) is 9.43. The van der Waals surface area contributed by atoms with E-state index in [1.807, 2.05) is 47.4 Å². The second kappa shape index (κ2) is 13.4. The van der Waals surface area contributed by atoms with E-state index in [1.165, 1.54) is 29.8 Å². The molecule has 226 valence electrons. The largest absolute Gasteiger partial charge is 0.573 e. The molecule has 0 bridgehead atoms. The van der Waals surface area contributed by atoms with Gasteiger partial charge in [0.05, 0.1) is 18.9 Å². The van der Waals surface area contributed by atoms with E-state index >= 15 is 0 Å². The fraction of sp³-hybridized carbons (Fsp3) is 0.300. The maximum atomic E-state index is 12.6. The van der Waals surface area contributed by atoms with Crippen molar-refractivity contribution in [2.45, 2.75) is 32.7 Å². The zero-order valence-electron chi connectivity index (χ0n) is 23.7. The van der Waals surface area contributed by atoms with Crippen molar-refractivity contribution in [1.29, 1.82) is 0 Å². The molecule has 1 saturated heterocycles. The van der Waals surface area contributed by atoms with Crippen LogP contribution < -0.4 is 25.8 Å². The van der Waals surface area contributed by atoms with Gasteiger partial charge in [0.25, 0.3) is 0 Å². The van der Waals surface area contributed by atoms with E-state index in [0.717, 1.165) is 16.8 Å². The number of benzene rings is 3. The smallest absolute Gasteiger partial charge is 0.406 e. The molecule has 4 aromatic rings. The number of hydrogen-bond acceptors (Lipinski definition) is 7. The maximum absolute atomic E-state index is 12.6. The number of thiocarbonyl (C=S) groups is 1. The van der Waals surface area contributed by atoms with Crippen LogP contribution in [0.25, 0.3) is 17.1 Å². The normalized spacial score (nSPS) is 13.7. The van der Waals surface area contributed by atoms with Crippen molar-refractivity contribution in [1.82, 2.24) is 25.6 Å². The van der Waals surface area contributed by atoms with Gasteiger partial charge in [-0.1, -0.05) is 56.3 Å². The molecular formula is C30H32F3N7O2S. The first-order chi connectivity index (χ1) is 20.7. The van der Waals surface area contributed by atoms with E-state index in [2.05, 4.69) is 40.8 Å². The molecule has 0 spiro atoms. The lowest BCUT2D eigenvalue weighted by atomic mass is 10.0. The molecule has 9 nitrogen and oxygen atoms in total. The number of hydrazine groups is 1. The Hall–Kier alpha value is -4.20. The number of anilines is 2. The summed E-state index contributed by atoms with van der Waals surface area (Å²) < 4.78 is 49.0. The molecule has 1 aliphatic rings. The van der Waals surface area contributed by atoms with E-state index < -0.39 is 6.36 Å². The molecule has 0 amide bonds. The highest BCUT2D eigenvalue weighted by Gasteiger charge is 2.31. The van der Waals surface area contributed by atoms with E-state index in [-0.39, 0.29) is 5.75 Å². The lowest BCUT2D eigenvalue weighted by Crippen LogP contribution is -2.39. The van der Waals surface area contributed by atoms with Crippen LogP contribution >= 0.6 is 12.2 Å². The van der Waals surface area contributed by atoms with Crippen LogP contribution in [0, 0.1) is 0 Å². The summed E-state index contributed by atoms with van der Waals surface area (Å²) in [5.74, 6) is 1.13. The van der Waals surface area contributed by atoms with Gasteiger partial charge < -0.3 is 19.7 Å². The first-order valence-electron chi connectivity index (χ1n) is 13.8. The van der Waals surface area contributed by atoms with E-state index in [9.17, 15) is 13.2 Å². The van der Waals surface area contributed by atoms with E-state index in [1.54, 1.807) is 4.68 Å². The minimum Gasteiger partial charge on any atom is -0.406 e. The van der Waals surface area contributed by atoms with Gasteiger partial charge in [-0.15, -0.1) is 18.3 Å². The van der Waals surface area contributed by atoms with Crippen LogP contribution in [0.4, 0.5) is 24.8 Å². The predicted octanol–water partition coefficient (Wildman–Crippen LogP) is 5.78. The van der Waals surface area contributed by atoms with Crippen molar-refractivity contribution in [3.8, 4) is 22.8 Å². The van der Waals surface area contributed by atoms with Gasteiger partial charge >= 0.3 is 6.36 Å². The van der Waals surface area contributed by atoms with Crippen molar-refractivity contribution >= 4 is 29.0 Å². The molecule has 1 fully saturated rings. The third-order valence-corrected chi connectivity index (χ3v) is 6.94. The second-order valence-corrected chi connectivity index (χ2v) is 10.6. The van der Waals surface area contributed by atoms with Gasteiger partial charge in [-0.25, -0.2) is 5.43 Å². The Balaban J connectivity index is 1.26. The molecule has 1 aromatic heterocycles. The van der Waals surface area contributed by atoms with Gasteiger partial charge in [0.1, 0.15) is 5.75 Å². The number of nitrogens with one attached hydrogen (secondary N) is 3. The van der Waals surface area contributed by atoms with Crippen LogP contribution in [0.15, 0.2) is 72.8 Å². The number of rotatable bonds is 9. The van der Waals surface area contributed by atoms with Crippen LogP contribution in [0.2, 0.25) is 0 Å². The minimum absolute atomic E-state index is 0.305. The molecule has 3 N–H and O–H groups in total. The third-order valence-electron chi connectivity index (χ3n) is 6.74. The number of halogens is 3. The zero-order chi connectivity index (χ0) is 30.4. The predicted molar refractivity (Wildman–Crippen MR) is 163 cm³/mol. The fourth-order valence-electron chi connectivity index (χ4n) is 4.62. The standard InChI is InChI=1S/C30H32F3N7O2S/c1-20(2)25-5-3-4-6-26(25)35-28(43)37-34-19-21-7-9-22(10-8-21)27-36-29(39-15-17-41-18-16-39)40(38-27)23-11-13-24(14-12-23)42-30(31,32)33/h3-14,20,34H,15-19H2,1-2H3,(H2,35,37,43). The zero-order valence-corrected chi connectivity index (χ0v) is 24.5. The summed E-state index contributed by atoms with van der Waals surface area (Å²) in [6.45, 7) is 7.10. The summed E-state index contributed by atoms with van der Waals surface area (Å²) >= 11 is 5.45. The Morgan fingerprint density at radius 1 is 1.00 bits per heavy atom. The van der Waals surface area contributed by atoms with Crippen LogP contribution in [-0.2, 0) is 11.3 Å². The summed E-state index contributed by atoms with van der Waals surface area (Å²) in [7, 11) is 0. The van der Waals surface area contributed by atoms with Crippen LogP contribution in [0.3, 0.4) is 0 Å². The van der Waals surface area contributed by atoms with Crippen LogP contribution in [0.5, 0.6) is 5.75 Å². The highest BCUT2D eigenvalue weighted by atomic mass is 32.1. The van der Waals surface area contributed by atoms with Crippen LogP contribution in [0.1, 0.15) is 30.9 Å². The van der Waals surface area contributed by atoms with Gasteiger partial charge in [-0.3, -0.25) is 5.43 Å². The maximum Gasteiger partial charge on any atom is 0.573 e. The number of aromatic nitrogens is 3. The second-order valence-electron chi connectivity index (χ2n) is 10.2. The average Bonchev–Trinajstić information content (AvgIpc) is 3.43. The fourth-order valence-corrected chi connectivity index (χ4v) is 4.80. The highest BCUT2D eigenvalue weighted by molar-refractivity contribution is 7.80. The number of ether oxygens (including phenoxy) is 2. The van der Waals surface area contributed by atoms with E-state index in [4.69, 9.17) is 27.0 Å². The molecule has 1 aliphatic heterocycles. The number of alkyl halides is 3. The van der Waals surface area contributed by atoms with Crippen molar-refractivity contribution < 1.29 is 22.6 Å². The van der Waals surface area contributed by atoms with Crippen molar-refractivity contribution in [3.05, 3.63) is 83.9 Å². The summed E-state index contributed by atoms with van der Waals surface area (Å²) in [4.78, 5) is 6.84. The molecule has 0 saturated carbocycles. The average molecular weight is 612 g/mol. The summed E-state index contributed by atoms with van der Waals surface area (Å²) in [5.41, 5.74) is 10.7. The lowest BCUT2D eigenvalue weighted by Gasteiger charge is -2.27. The first-order valence-corrected chi connectivity index (χ1v) is 14.2. The number of hydrogen-bond donors (Lipinski definition) is 3. The highest BCUT2D eigenvalue weighted by Crippen LogP contribution is 2.28. The van der Waals surface area contributed by atoms with Gasteiger partial charge in [0.15, 0.2) is 10.9 Å². The Morgan fingerprint density at radius 3 is 2.37 bits per heavy atom. The quantitative estimate of drug-likeness (QED) is 0.161.